The van der Waals surface area contributed by atoms with Crippen LogP contribution in [0.3, 0.4) is 0 Å². The predicted molar refractivity (Wildman–Crippen MR) is 189 cm³/mol. The van der Waals surface area contributed by atoms with Gasteiger partial charge in [0.2, 0.25) is 0 Å². The number of aliphatic hydroxyl groups is 1. The van der Waals surface area contributed by atoms with Gasteiger partial charge in [0.1, 0.15) is 29.9 Å². The first kappa shape index (κ1) is 34.6. The van der Waals surface area contributed by atoms with Crippen LogP contribution in [0.15, 0.2) is 94.0 Å². The average Bonchev–Trinajstić information content (AvgIpc) is 3.95. The van der Waals surface area contributed by atoms with Crippen molar-refractivity contribution in [3.8, 4) is 34.4 Å². The van der Waals surface area contributed by atoms with Gasteiger partial charge in [-0.25, -0.2) is 24.1 Å². The maximum absolute atomic E-state index is 12.3. The van der Waals surface area contributed by atoms with Crippen molar-refractivity contribution < 1.29 is 19.4 Å². The maximum Gasteiger partial charge on any atom is 0.343 e. The van der Waals surface area contributed by atoms with Crippen molar-refractivity contribution >= 4 is 46.4 Å². The van der Waals surface area contributed by atoms with Gasteiger partial charge in [-0.3, -0.25) is 14.8 Å². The molecule has 0 bridgehead atoms. The number of aromatic nitrogens is 12. The number of nitrogens with zero attached hydrogens (tertiary/aromatic N) is 16. The standard InChI is InChI=1S/C32H28N18O4/c1-47-30(17(13-39-47)21(52)15-51)43-41-26-24(19-8-4-6-10-35-19)45-49(28(26)33)22-12-23(38-16-37-22)50-29(34)27(25(46-50)20-9-5-7-11-36-20)42-44-31-18(32(53)54-3)14-40-48(31)2/h4-14,16,51H,15,33-34H2,1-3H3. The minimum atomic E-state index is -0.737. The van der Waals surface area contributed by atoms with E-state index in [4.69, 9.17) is 16.2 Å². The van der Waals surface area contributed by atoms with Gasteiger partial charge in [-0.1, -0.05) is 12.1 Å². The second-order valence-electron chi connectivity index (χ2n) is 11.1. The normalized spacial score (nSPS) is 11.6. The molecule has 0 atom stereocenters. The summed E-state index contributed by atoms with van der Waals surface area (Å²) in [5, 5.41) is 44.2. The molecular formula is C32H28N18O4. The van der Waals surface area contributed by atoms with E-state index < -0.39 is 18.4 Å². The van der Waals surface area contributed by atoms with Crippen LogP contribution in [0.25, 0.3) is 34.4 Å². The van der Waals surface area contributed by atoms with E-state index in [1.165, 1.54) is 50.6 Å². The molecule has 0 spiro atoms. The van der Waals surface area contributed by atoms with Gasteiger partial charge in [-0.15, -0.1) is 20.5 Å². The first-order valence-corrected chi connectivity index (χ1v) is 15.7. The number of nitrogen functional groups attached to an aromatic ring is 2. The highest BCUT2D eigenvalue weighted by atomic mass is 16.5. The van der Waals surface area contributed by atoms with Gasteiger partial charge in [0.25, 0.3) is 0 Å². The summed E-state index contributed by atoms with van der Waals surface area (Å²) in [6, 6.07) is 12.0. The van der Waals surface area contributed by atoms with E-state index in [9.17, 15) is 14.7 Å². The predicted octanol–water partition coefficient (Wildman–Crippen LogP) is 3.40. The van der Waals surface area contributed by atoms with E-state index in [0.717, 1.165) is 0 Å². The highest BCUT2D eigenvalue weighted by Crippen LogP contribution is 2.39. The number of anilines is 2. The number of Topliss-reactive ketones (excluding diaryl/α,β-unsaturated/α-hetero) is 1. The van der Waals surface area contributed by atoms with Crippen LogP contribution in [-0.4, -0.2) is 89.6 Å². The topological polar surface area (TPSA) is 288 Å². The van der Waals surface area contributed by atoms with Crippen molar-refractivity contribution in [2.45, 2.75) is 0 Å². The van der Waals surface area contributed by atoms with E-state index in [1.807, 2.05) is 0 Å². The number of nitrogens with two attached hydrogens (primary N) is 2. The number of ether oxygens (including phenoxy) is 1. The SMILES string of the molecule is COC(=O)c1cnn(C)c1N=Nc1c(-c2ccccn2)nn(-c2cc(-n3nc(-c4ccccn4)c(N=Nc4c(C(=O)CO)cnn4C)c3N)ncn2)c1N. The van der Waals surface area contributed by atoms with Crippen LogP contribution >= 0.6 is 0 Å². The van der Waals surface area contributed by atoms with Crippen molar-refractivity contribution in [2.24, 2.45) is 34.6 Å². The summed E-state index contributed by atoms with van der Waals surface area (Å²) in [4.78, 5) is 42.2. The van der Waals surface area contributed by atoms with Crippen LogP contribution in [0.4, 0.5) is 34.6 Å². The lowest BCUT2D eigenvalue weighted by molar-refractivity contribution is 0.0601. The molecule has 0 amide bonds. The molecule has 7 aromatic heterocycles. The van der Waals surface area contributed by atoms with Crippen molar-refractivity contribution in [3.63, 3.8) is 0 Å². The molecule has 0 saturated carbocycles. The second kappa shape index (κ2) is 14.4. The summed E-state index contributed by atoms with van der Waals surface area (Å²) in [7, 11) is 4.41. The summed E-state index contributed by atoms with van der Waals surface area (Å²) >= 11 is 0. The summed E-state index contributed by atoms with van der Waals surface area (Å²) in [6.07, 6.45) is 7.02. The Labute approximate surface area is 303 Å². The second-order valence-corrected chi connectivity index (χ2v) is 11.1. The Bertz CT molecular complexity index is 2400. The van der Waals surface area contributed by atoms with Crippen LogP contribution < -0.4 is 11.5 Å². The summed E-state index contributed by atoms with van der Waals surface area (Å²) in [6.45, 7) is -0.737. The number of aryl methyl sites for hydroxylation is 2. The molecule has 0 aliphatic rings. The van der Waals surface area contributed by atoms with Crippen molar-refractivity contribution in [1.82, 2.24) is 59.1 Å². The minimum absolute atomic E-state index is 0.0101. The first-order valence-electron chi connectivity index (χ1n) is 15.7. The molecular weight excluding hydrogens is 700 g/mol. The van der Waals surface area contributed by atoms with Gasteiger partial charge in [-0.05, 0) is 24.3 Å². The lowest BCUT2D eigenvalue weighted by Crippen LogP contribution is -2.09. The molecule has 54 heavy (non-hydrogen) atoms. The zero-order valence-corrected chi connectivity index (χ0v) is 28.6. The Kier molecular flexibility index (Phi) is 9.21. The number of carbonyl (C=O) groups is 2. The number of carbonyl (C=O) groups excluding carboxylic acids is 2. The molecule has 0 aromatic carbocycles. The van der Waals surface area contributed by atoms with Crippen LogP contribution in [-0.2, 0) is 18.8 Å². The van der Waals surface area contributed by atoms with Gasteiger partial charge in [0.05, 0.1) is 36.5 Å². The van der Waals surface area contributed by atoms with E-state index >= 15 is 0 Å². The fourth-order valence-electron chi connectivity index (χ4n) is 5.14. The summed E-state index contributed by atoms with van der Waals surface area (Å²) in [5.41, 5.74) is 15.0. The molecule has 22 nitrogen and oxygen atoms in total. The Morgan fingerprint density at radius 2 is 1.24 bits per heavy atom. The zero-order chi connectivity index (χ0) is 37.9. The van der Waals surface area contributed by atoms with Crippen LogP contribution in [0.5, 0.6) is 0 Å². The molecule has 270 valence electrons. The van der Waals surface area contributed by atoms with Gasteiger partial charge in [-0.2, -0.15) is 29.8 Å². The van der Waals surface area contributed by atoms with E-state index in [0.29, 0.717) is 11.4 Å². The largest absolute Gasteiger partial charge is 0.465 e. The number of aliphatic hydroxyl groups excluding tert-OH is 1. The number of ketones is 1. The molecule has 0 saturated heterocycles. The number of methoxy groups -OCH3 is 1. The molecule has 0 unspecified atom stereocenters. The van der Waals surface area contributed by atoms with E-state index in [1.54, 1.807) is 62.9 Å². The van der Waals surface area contributed by atoms with Crippen molar-refractivity contribution in [3.05, 3.63) is 84.7 Å². The van der Waals surface area contributed by atoms with Crippen molar-refractivity contribution in [2.75, 3.05) is 25.2 Å². The van der Waals surface area contributed by atoms with Crippen LogP contribution in [0.1, 0.15) is 20.7 Å². The highest BCUT2D eigenvalue weighted by Gasteiger charge is 2.25. The lowest BCUT2D eigenvalue weighted by atomic mass is 10.2. The molecule has 0 aliphatic carbocycles. The molecule has 0 aliphatic heterocycles. The van der Waals surface area contributed by atoms with Gasteiger partial charge < -0.3 is 21.3 Å². The molecule has 7 aromatic rings. The Morgan fingerprint density at radius 1 is 0.741 bits per heavy atom. The number of azo groups is 2. The maximum atomic E-state index is 12.3. The van der Waals surface area contributed by atoms with E-state index in [2.05, 4.69) is 60.8 Å². The Balaban J connectivity index is 1.33. The summed E-state index contributed by atoms with van der Waals surface area (Å²) < 4.78 is 10.2. The molecule has 0 fully saturated rings. The first-order chi connectivity index (χ1) is 26.2. The van der Waals surface area contributed by atoms with Gasteiger partial charge in [0.15, 0.2) is 52.1 Å². The van der Waals surface area contributed by atoms with Crippen LogP contribution in [0.2, 0.25) is 0 Å². The molecule has 0 radical (unpaired) electrons. The molecule has 22 heteroatoms. The molecule has 5 N–H and O–H groups in total. The number of esters is 1. The fraction of sp³-hybridized carbons (Fsp3) is 0.125. The smallest absolute Gasteiger partial charge is 0.343 e. The quantitative estimate of drug-likeness (QED) is 0.0977. The lowest BCUT2D eigenvalue weighted by Gasteiger charge is -2.06. The Hall–Kier alpha value is -7.88. The van der Waals surface area contributed by atoms with Gasteiger partial charge >= 0.3 is 5.97 Å². The number of rotatable bonds is 11. The monoisotopic (exact) mass is 728 g/mol. The number of hydrogen-bond acceptors (Lipinski definition) is 18. The number of pyridine rings is 2. The summed E-state index contributed by atoms with van der Waals surface area (Å²) in [5.74, 6) is -0.621. The average molecular weight is 729 g/mol. The third-order valence-corrected chi connectivity index (χ3v) is 7.83. The highest BCUT2D eigenvalue weighted by molar-refractivity contribution is 6.00. The minimum Gasteiger partial charge on any atom is -0.465 e. The zero-order valence-electron chi connectivity index (χ0n) is 28.6. The molecule has 7 rings (SSSR count). The number of hydrogen-bond donors (Lipinski definition) is 3. The van der Waals surface area contributed by atoms with Crippen molar-refractivity contribution in [1.29, 1.82) is 0 Å². The third-order valence-electron chi connectivity index (χ3n) is 7.83. The van der Waals surface area contributed by atoms with Crippen LogP contribution in [0, 0.1) is 0 Å². The molecule has 7 heterocycles. The Morgan fingerprint density at radius 3 is 1.70 bits per heavy atom. The fourth-order valence-corrected chi connectivity index (χ4v) is 5.14. The van der Waals surface area contributed by atoms with Gasteiger partial charge in [0, 0.05) is 32.6 Å². The third kappa shape index (κ3) is 6.30. The van der Waals surface area contributed by atoms with E-state index in [-0.39, 0.29) is 68.8 Å².